The normalized spacial score (nSPS) is 12.1. The Hall–Kier alpha value is -1.49. The van der Waals surface area contributed by atoms with Gasteiger partial charge in [-0.2, -0.15) is 0 Å². The molecule has 0 aliphatic heterocycles. The van der Waals surface area contributed by atoms with E-state index in [4.69, 9.17) is 19.9 Å². The third kappa shape index (κ3) is 2.36. The van der Waals surface area contributed by atoms with Gasteiger partial charge in [0.1, 0.15) is 11.9 Å². The number of halogens is 1. The minimum atomic E-state index is -1.28. The van der Waals surface area contributed by atoms with E-state index in [1.807, 2.05) is 0 Å². The van der Waals surface area contributed by atoms with E-state index in [1.54, 1.807) is 6.07 Å². The highest BCUT2D eigenvalue weighted by molar-refractivity contribution is 5.51. The minimum absolute atomic E-state index is 0.105. The van der Waals surface area contributed by atoms with Crippen LogP contribution in [0.2, 0.25) is 0 Å². The maximum atomic E-state index is 13.6. The molecule has 1 atom stereocenters. The number of nitrogens with two attached hydrogens (primary N) is 1. The summed E-state index contributed by atoms with van der Waals surface area (Å²) in [5.41, 5.74) is 5.65. The molecule has 0 bridgehead atoms. The van der Waals surface area contributed by atoms with Gasteiger partial charge in [-0.15, -0.1) is 0 Å². The van der Waals surface area contributed by atoms with Gasteiger partial charge < -0.3 is 19.9 Å². The van der Waals surface area contributed by atoms with Crippen LogP contribution in [0.5, 0.6) is 17.2 Å². The SMILES string of the molecule is COc1cc(OC)c(C(F)CN)cc1OC. The Labute approximate surface area is 94.1 Å². The van der Waals surface area contributed by atoms with Crippen molar-refractivity contribution in [2.45, 2.75) is 6.17 Å². The fraction of sp³-hybridized carbons (Fsp3) is 0.455. The van der Waals surface area contributed by atoms with Gasteiger partial charge in [-0.1, -0.05) is 0 Å². The van der Waals surface area contributed by atoms with Gasteiger partial charge in [-0.25, -0.2) is 4.39 Å². The van der Waals surface area contributed by atoms with Crippen molar-refractivity contribution < 1.29 is 18.6 Å². The summed E-state index contributed by atoms with van der Waals surface area (Å²) in [6.07, 6.45) is -1.28. The molecule has 16 heavy (non-hydrogen) atoms. The molecule has 0 saturated heterocycles. The van der Waals surface area contributed by atoms with Gasteiger partial charge in [-0.3, -0.25) is 0 Å². The molecule has 4 nitrogen and oxygen atoms in total. The first kappa shape index (κ1) is 12.6. The van der Waals surface area contributed by atoms with Gasteiger partial charge >= 0.3 is 0 Å². The predicted octanol–water partition coefficient (Wildman–Crippen LogP) is 1.68. The Kier molecular flexibility index (Phi) is 4.37. The van der Waals surface area contributed by atoms with Crippen LogP contribution in [0.25, 0.3) is 0 Å². The van der Waals surface area contributed by atoms with E-state index < -0.39 is 6.17 Å². The second kappa shape index (κ2) is 5.55. The van der Waals surface area contributed by atoms with E-state index in [-0.39, 0.29) is 6.54 Å². The summed E-state index contributed by atoms with van der Waals surface area (Å²) in [6, 6.07) is 3.12. The van der Waals surface area contributed by atoms with Gasteiger partial charge in [0.25, 0.3) is 0 Å². The fourth-order valence-corrected chi connectivity index (χ4v) is 1.42. The molecule has 0 spiro atoms. The van der Waals surface area contributed by atoms with Crippen molar-refractivity contribution in [1.29, 1.82) is 0 Å². The van der Waals surface area contributed by atoms with E-state index in [1.165, 1.54) is 27.4 Å². The standard InChI is InChI=1S/C11H16FNO3/c1-14-9-5-11(16-3)10(15-2)4-7(9)8(12)6-13/h4-5,8H,6,13H2,1-3H3. The van der Waals surface area contributed by atoms with Crippen LogP contribution in [0.4, 0.5) is 4.39 Å². The molecule has 5 heteroatoms. The molecular formula is C11H16FNO3. The zero-order valence-corrected chi connectivity index (χ0v) is 9.62. The molecular weight excluding hydrogens is 213 g/mol. The quantitative estimate of drug-likeness (QED) is 0.834. The Morgan fingerprint density at radius 2 is 1.56 bits per heavy atom. The van der Waals surface area contributed by atoms with Crippen molar-refractivity contribution in [3.05, 3.63) is 17.7 Å². The summed E-state index contributed by atoms with van der Waals surface area (Å²) in [6.45, 7) is -0.105. The van der Waals surface area contributed by atoms with Crippen molar-refractivity contribution in [1.82, 2.24) is 0 Å². The molecule has 0 aliphatic carbocycles. The van der Waals surface area contributed by atoms with Crippen molar-refractivity contribution in [2.24, 2.45) is 5.73 Å². The van der Waals surface area contributed by atoms with Crippen LogP contribution in [0.15, 0.2) is 12.1 Å². The van der Waals surface area contributed by atoms with Crippen molar-refractivity contribution in [3.8, 4) is 17.2 Å². The molecule has 1 aromatic rings. The number of ether oxygens (including phenoxy) is 3. The Morgan fingerprint density at radius 3 is 2.00 bits per heavy atom. The van der Waals surface area contributed by atoms with Gasteiger partial charge in [0, 0.05) is 18.2 Å². The molecule has 1 unspecified atom stereocenters. The molecule has 0 saturated carbocycles. The molecule has 0 fully saturated rings. The van der Waals surface area contributed by atoms with Crippen molar-refractivity contribution in [2.75, 3.05) is 27.9 Å². The number of benzene rings is 1. The zero-order valence-electron chi connectivity index (χ0n) is 9.62. The lowest BCUT2D eigenvalue weighted by Crippen LogP contribution is -2.09. The molecule has 0 heterocycles. The number of rotatable bonds is 5. The molecule has 0 aliphatic rings. The second-order valence-electron chi connectivity index (χ2n) is 3.15. The van der Waals surface area contributed by atoms with Crippen molar-refractivity contribution >= 4 is 0 Å². The lowest BCUT2D eigenvalue weighted by Gasteiger charge is -2.15. The summed E-state index contributed by atoms with van der Waals surface area (Å²) in [4.78, 5) is 0. The van der Waals surface area contributed by atoms with Gasteiger partial charge in [0.15, 0.2) is 11.5 Å². The van der Waals surface area contributed by atoms with E-state index in [0.29, 0.717) is 22.8 Å². The number of hydrogen-bond donors (Lipinski definition) is 1. The topological polar surface area (TPSA) is 53.7 Å². The Bertz CT molecular complexity index is 357. The first-order chi connectivity index (χ1) is 7.67. The van der Waals surface area contributed by atoms with Gasteiger partial charge in [0.05, 0.1) is 21.3 Å². The number of alkyl halides is 1. The maximum Gasteiger partial charge on any atom is 0.164 e. The highest BCUT2D eigenvalue weighted by Gasteiger charge is 2.18. The average Bonchev–Trinajstić information content (AvgIpc) is 2.35. The summed E-state index contributed by atoms with van der Waals surface area (Å²) < 4.78 is 28.8. The molecule has 90 valence electrons. The van der Waals surface area contributed by atoms with E-state index >= 15 is 0 Å². The molecule has 1 rings (SSSR count). The van der Waals surface area contributed by atoms with Gasteiger partial charge in [0.2, 0.25) is 0 Å². The highest BCUT2D eigenvalue weighted by Crippen LogP contribution is 2.38. The first-order valence-electron chi connectivity index (χ1n) is 4.82. The van der Waals surface area contributed by atoms with Crippen LogP contribution < -0.4 is 19.9 Å². The lowest BCUT2D eigenvalue weighted by atomic mass is 10.1. The minimum Gasteiger partial charge on any atom is -0.496 e. The van der Waals surface area contributed by atoms with E-state index in [0.717, 1.165) is 0 Å². The fourth-order valence-electron chi connectivity index (χ4n) is 1.42. The second-order valence-corrected chi connectivity index (χ2v) is 3.15. The number of hydrogen-bond acceptors (Lipinski definition) is 4. The van der Waals surface area contributed by atoms with Gasteiger partial charge in [-0.05, 0) is 6.07 Å². The molecule has 0 aromatic heterocycles. The maximum absolute atomic E-state index is 13.6. The average molecular weight is 229 g/mol. The van der Waals surface area contributed by atoms with Crippen LogP contribution in [0.1, 0.15) is 11.7 Å². The summed E-state index contributed by atoms with van der Waals surface area (Å²) >= 11 is 0. The Morgan fingerprint density at radius 1 is 1.06 bits per heavy atom. The lowest BCUT2D eigenvalue weighted by molar-refractivity contribution is 0.319. The highest BCUT2D eigenvalue weighted by atomic mass is 19.1. The van der Waals surface area contributed by atoms with Crippen LogP contribution in [0, 0.1) is 0 Å². The summed E-state index contributed by atoms with van der Waals surface area (Å²) in [7, 11) is 4.46. The van der Waals surface area contributed by atoms with Crippen molar-refractivity contribution in [3.63, 3.8) is 0 Å². The smallest absolute Gasteiger partial charge is 0.164 e. The number of methoxy groups -OCH3 is 3. The molecule has 1 aromatic carbocycles. The zero-order chi connectivity index (χ0) is 12.1. The van der Waals surface area contributed by atoms with E-state index in [2.05, 4.69) is 0 Å². The third-order valence-electron chi connectivity index (χ3n) is 2.28. The summed E-state index contributed by atoms with van der Waals surface area (Å²) in [5.74, 6) is 1.34. The Balaban J connectivity index is 3.25. The summed E-state index contributed by atoms with van der Waals surface area (Å²) in [5, 5.41) is 0. The van der Waals surface area contributed by atoms with Crippen LogP contribution >= 0.6 is 0 Å². The van der Waals surface area contributed by atoms with Crippen LogP contribution in [-0.4, -0.2) is 27.9 Å². The van der Waals surface area contributed by atoms with E-state index in [9.17, 15) is 4.39 Å². The monoisotopic (exact) mass is 229 g/mol. The molecule has 0 amide bonds. The third-order valence-corrected chi connectivity index (χ3v) is 2.28. The van der Waals surface area contributed by atoms with Crippen LogP contribution in [-0.2, 0) is 0 Å². The molecule has 2 N–H and O–H groups in total. The largest absolute Gasteiger partial charge is 0.496 e. The first-order valence-corrected chi connectivity index (χ1v) is 4.82. The van der Waals surface area contributed by atoms with Crippen LogP contribution in [0.3, 0.4) is 0 Å². The molecule has 0 radical (unpaired) electrons. The predicted molar refractivity (Wildman–Crippen MR) is 59.0 cm³/mol.